The molecule has 0 saturated carbocycles. The summed E-state index contributed by atoms with van der Waals surface area (Å²) in [4.78, 5) is 11.2. The van der Waals surface area contributed by atoms with Gasteiger partial charge in [-0.2, -0.15) is 0 Å². The highest BCUT2D eigenvalue weighted by molar-refractivity contribution is 5.73. The third-order valence-electron chi connectivity index (χ3n) is 2.41. The SMILES string of the molecule is C=CCNC(=O)NCCOc1ccccc1CC. The fourth-order valence-corrected chi connectivity index (χ4v) is 1.49. The maximum absolute atomic E-state index is 11.2. The Morgan fingerprint density at radius 1 is 1.39 bits per heavy atom. The predicted molar refractivity (Wildman–Crippen MR) is 72.9 cm³/mol. The van der Waals surface area contributed by atoms with Crippen LogP contribution in [0.25, 0.3) is 0 Å². The number of hydrogen-bond donors (Lipinski definition) is 2. The first-order valence-corrected chi connectivity index (χ1v) is 6.11. The van der Waals surface area contributed by atoms with Gasteiger partial charge in [0.2, 0.25) is 0 Å². The monoisotopic (exact) mass is 248 g/mol. The molecule has 4 nitrogen and oxygen atoms in total. The van der Waals surface area contributed by atoms with Crippen molar-refractivity contribution >= 4 is 6.03 Å². The van der Waals surface area contributed by atoms with E-state index < -0.39 is 0 Å². The first-order valence-electron chi connectivity index (χ1n) is 6.11. The van der Waals surface area contributed by atoms with Crippen LogP contribution in [-0.4, -0.2) is 25.7 Å². The second-order valence-electron chi connectivity index (χ2n) is 3.74. The normalized spacial score (nSPS) is 9.61. The van der Waals surface area contributed by atoms with Gasteiger partial charge in [-0.3, -0.25) is 0 Å². The molecular formula is C14H20N2O2. The van der Waals surface area contributed by atoms with E-state index >= 15 is 0 Å². The molecule has 0 aromatic heterocycles. The molecule has 1 aromatic rings. The Bertz CT molecular complexity index is 391. The number of hydrogen-bond acceptors (Lipinski definition) is 2. The van der Waals surface area contributed by atoms with Gasteiger partial charge in [0.15, 0.2) is 0 Å². The fraction of sp³-hybridized carbons (Fsp3) is 0.357. The van der Waals surface area contributed by atoms with E-state index in [9.17, 15) is 4.79 Å². The average molecular weight is 248 g/mol. The maximum atomic E-state index is 11.2. The van der Waals surface area contributed by atoms with Crippen LogP contribution in [0.3, 0.4) is 0 Å². The van der Waals surface area contributed by atoms with Gasteiger partial charge in [0.25, 0.3) is 0 Å². The van der Waals surface area contributed by atoms with Gasteiger partial charge in [0.05, 0.1) is 6.54 Å². The molecule has 0 heterocycles. The van der Waals surface area contributed by atoms with Gasteiger partial charge >= 0.3 is 6.03 Å². The number of ether oxygens (including phenoxy) is 1. The van der Waals surface area contributed by atoms with Gasteiger partial charge in [0, 0.05) is 6.54 Å². The van der Waals surface area contributed by atoms with Crippen molar-refractivity contribution in [1.29, 1.82) is 0 Å². The van der Waals surface area contributed by atoms with Crippen LogP contribution >= 0.6 is 0 Å². The number of amides is 2. The quantitative estimate of drug-likeness (QED) is 0.573. The molecule has 0 bridgehead atoms. The molecule has 0 atom stereocenters. The third kappa shape index (κ3) is 4.91. The van der Waals surface area contributed by atoms with Crippen molar-refractivity contribution in [1.82, 2.24) is 10.6 Å². The van der Waals surface area contributed by atoms with E-state index in [1.807, 2.05) is 24.3 Å². The number of aryl methyl sites for hydroxylation is 1. The Morgan fingerprint density at radius 3 is 2.89 bits per heavy atom. The molecular weight excluding hydrogens is 228 g/mol. The van der Waals surface area contributed by atoms with Crippen LogP contribution < -0.4 is 15.4 Å². The highest BCUT2D eigenvalue weighted by atomic mass is 16.5. The number of rotatable bonds is 7. The number of para-hydroxylation sites is 1. The summed E-state index contributed by atoms with van der Waals surface area (Å²) in [6.07, 6.45) is 2.57. The fourth-order valence-electron chi connectivity index (χ4n) is 1.49. The predicted octanol–water partition coefficient (Wildman–Crippen LogP) is 2.11. The van der Waals surface area contributed by atoms with Crippen molar-refractivity contribution < 1.29 is 9.53 Å². The number of benzene rings is 1. The summed E-state index contributed by atoms with van der Waals surface area (Å²) < 4.78 is 5.62. The lowest BCUT2D eigenvalue weighted by Crippen LogP contribution is -2.37. The van der Waals surface area contributed by atoms with Gasteiger partial charge in [-0.15, -0.1) is 6.58 Å². The molecule has 0 aliphatic rings. The van der Waals surface area contributed by atoms with Crippen molar-refractivity contribution in [2.45, 2.75) is 13.3 Å². The number of carbonyl (C=O) groups is 1. The Labute approximate surface area is 108 Å². The number of urea groups is 1. The first-order chi connectivity index (χ1) is 8.77. The van der Waals surface area contributed by atoms with E-state index in [-0.39, 0.29) is 6.03 Å². The van der Waals surface area contributed by atoms with Crippen LogP contribution in [0.5, 0.6) is 5.75 Å². The molecule has 2 amide bonds. The zero-order chi connectivity index (χ0) is 13.2. The van der Waals surface area contributed by atoms with Crippen molar-refractivity contribution in [3.05, 3.63) is 42.5 Å². The van der Waals surface area contributed by atoms with Crippen molar-refractivity contribution in [3.8, 4) is 5.75 Å². The lowest BCUT2D eigenvalue weighted by molar-refractivity contribution is 0.237. The summed E-state index contributed by atoms with van der Waals surface area (Å²) in [5.41, 5.74) is 1.17. The van der Waals surface area contributed by atoms with E-state index in [1.54, 1.807) is 6.08 Å². The van der Waals surface area contributed by atoms with Crippen LogP contribution in [0.1, 0.15) is 12.5 Å². The van der Waals surface area contributed by atoms with E-state index in [4.69, 9.17) is 4.74 Å². The Morgan fingerprint density at radius 2 is 2.17 bits per heavy atom. The second-order valence-corrected chi connectivity index (χ2v) is 3.74. The second kappa shape index (κ2) is 8.17. The zero-order valence-electron chi connectivity index (χ0n) is 10.7. The summed E-state index contributed by atoms with van der Waals surface area (Å²) in [6.45, 7) is 7.00. The van der Waals surface area contributed by atoms with E-state index in [1.165, 1.54) is 5.56 Å². The van der Waals surface area contributed by atoms with Crippen molar-refractivity contribution in [3.63, 3.8) is 0 Å². The molecule has 18 heavy (non-hydrogen) atoms. The number of carbonyl (C=O) groups excluding carboxylic acids is 1. The van der Waals surface area contributed by atoms with E-state index in [0.717, 1.165) is 12.2 Å². The summed E-state index contributed by atoms with van der Waals surface area (Å²) in [5, 5.41) is 5.33. The van der Waals surface area contributed by atoms with Gasteiger partial charge < -0.3 is 15.4 Å². The molecule has 98 valence electrons. The summed E-state index contributed by atoms with van der Waals surface area (Å²) in [7, 11) is 0. The smallest absolute Gasteiger partial charge is 0.315 e. The molecule has 0 unspecified atom stereocenters. The minimum atomic E-state index is -0.206. The van der Waals surface area contributed by atoms with Crippen LogP contribution in [0.4, 0.5) is 4.79 Å². The Hall–Kier alpha value is -1.97. The molecule has 1 rings (SSSR count). The van der Waals surface area contributed by atoms with Crippen molar-refractivity contribution in [2.24, 2.45) is 0 Å². The average Bonchev–Trinajstić information content (AvgIpc) is 2.41. The third-order valence-corrected chi connectivity index (χ3v) is 2.41. The zero-order valence-corrected chi connectivity index (χ0v) is 10.7. The summed E-state index contributed by atoms with van der Waals surface area (Å²) in [5.74, 6) is 0.883. The molecule has 0 aliphatic heterocycles. The largest absolute Gasteiger partial charge is 0.491 e. The highest BCUT2D eigenvalue weighted by Gasteiger charge is 2.01. The van der Waals surface area contributed by atoms with Gasteiger partial charge in [-0.1, -0.05) is 31.2 Å². The first kappa shape index (κ1) is 14.1. The molecule has 2 N–H and O–H groups in total. The van der Waals surface area contributed by atoms with Gasteiger partial charge in [-0.05, 0) is 18.1 Å². The molecule has 1 aromatic carbocycles. The lowest BCUT2D eigenvalue weighted by atomic mass is 10.1. The summed E-state index contributed by atoms with van der Waals surface area (Å²) in [6, 6.07) is 7.71. The van der Waals surface area contributed by atoms with Crippen LogP contribution in [0.15, 0.2) is 36.9 Å². The molecule has 0 aliphatic carbocycles. The minimum Gasteiger partial charge on any atom is -0.491 e. The number of nitrogens with one attached hydrogen (secondary N) is 2. The molecule has 0 radical (unpaired) electrons. The molecule has 0 spiro atoms. The van der Waals surface area contributed by atoms with Gasteiger partial charge in [0.1, 0.15) is 12.4 Å². The standard InChI is InChI=1S/C14H20N2O2/c1-3-9-15-14(17)16-10-11-18-13-8-6-5-7-12(13)4-2/h3,5-8H,1,4,9-11H2,2H3,(H2,15,16,17). The van der Waals surface area contributed by atoms with Crippen LogP contribution in [-0.2, 0) is 6.42 Å². The molecule has 0 fully saturated rings. The molecule has 0 saturated heterocycles. The van der Waals surface area contributed by atoms with E-state index in [0.29, 0.717) is 19.7 Å². The minimum absolute atomic E-state index is 0.206. The highest BCUT2D eigenvalue weighted by Crippen LogP contribution is 2.17. The topological polar surface area (TPSA) is 50.4 Å². The molecule has 4 heteroatoms. The van der Waals surface area contributed by atoms with Gasteiger partial charge in [-0.25, -0.2) is 4.79 Å². The van der Waals surface area contributed by atoms with Crippen LogP contribution in [0, 0.1) is 0 Å². The Balaban J connectivity index is 2.25. The van der Waals surface area contributed by atoms with Crippen LogP contribution in [0.2, 0.25) is 0 Å². The Kier molecular flexibility index (Phi) is 6.40. The van der Waals surface area contributed by atoms with E-state index in [2.05, 4.69) is 24.1 Å². The maximum Gasteiger partial charge on any atom is 0.315 e. The van der Waals surface area contributed by atoms with Crippen molar-refractivity contribution in [2.75, 3.05) is 19.7 Å². The summed E-state index contributed by atoms with van der Waals surface area (Å²) >= 11 is 0. The lowest BCUT2D eigenvalue weighted by Gasteiger charge is -2.11.